The van der Waals surface area contributed by atoms with Gasteiger partial charge in [0.1, 0.15) is 18.1 Å². The molecule has 1 N–H and O–H groups in total. The maximum atomic E-state index is 12.7. The largest absolute Gasteiger partial charge is 0.484 e. The van der Waals surface area contributed by atoms with E-state index in [9.17, 15) is 9.59 Å². The van der Waals surface area contributed by atoms with Crippen molar-refractivity contribution in [2.24, 2.45) is 0 Å². The fourth-order valence-electron chi connectivity index (χ4n) is 3.16. The van der Waals surface area contributed by atoms with Crippen molar-refractivity contribution in [3.8, 4) is 5.75 Å². The Labute approximate surface area is 180 Å². The molecule has 8 heteroatoms. The zero-order chi connectivity index (χ0) is 21.5. The number of imidazole rings is 1. The molecule has 0 aliphatic carbocycles. The molecule has 0 aliphatic rings. The summed E-state index contributed by atoms with van der Waals surface area (Å²) < 4.78 is 7.32. The van der Waals surface area contributed by atoms with Crippen LogP contribution in [0.5, 0.6) is 5.75 Å². The highest BCUT2D eigenvalue weighted by Crippen LogP contribution is 2.17. The summed E-state index contributed by atoms with van der Waals surface area (Å²) in [5.41, 5.74) is 1.64. The summed E-state index contributed by atoms with van der Waals surface area (Å²) in [4.78, 5) is 31.3. The Morgan fingerprint density at radius 1 is 1.10 bits per heavy atom. The van der Waals surface area contributed by atoms with Gasteiger partial charge < -0.3 is 19.5 Å². The molecular formula is C22H25ClN4O3. The molecule has 3 aromatic rings. The van der Waals surface area contributed by atoms with E-state index in [-0.39, 0.29) is 31.5 Å². The Balaban J connectivity index is 1.68. The van der Waals surface area contributed by atoms with Crippen LogP contribution in [0.25, 0.3) is 11.0 Å². The van der Waals surface area contributed by atoms with Crippen LogP contribution < -0.4 is 10.1 Å². The number of nitrogens with one attached hydrogen (secondary N) is 1. The first-order chi connectivity index (χ1) is 14.5. The van der Waals surface area contributed by atoms with Crippen molar-refractivity contribution in [1.82, 2.24) is 19.8 Å². The molecule has 7 nitrogen and oxygen atoms in total. The van der Waals surface area contributed by atoms with E-state index < -0.39 is 0 Å². The van der Waals surface area contributed by atoms with Gasteiger partial charge in [0.2, 0.25) is 5.91 Å². The predicted octanol–water partition coefficient (Wildman–Crippen LogP) is 3.25. The third-order valence-corrected chi connectivity index (χ3v) is 5.02. The van der Waals surface area contributed by atoms with Gasteiger partial charge in [-0.3, -0.25) is 9.59 Å². The van der Waals surface area contributed by atoms with Gasteiger partial charge in [-0.15, -0.1) is 0 Å². The standard InChI is InChI=1S/C22H25ClN4O3/c1-3-26(4-2)22(29)14-27-19-8-6-5-7-18(19)25-20(27)13-24-21(28)15-30-17-11-9-16(23)10-12-17/h5-12H,3-4,13-15H2,1-2H3,(H,24,28). The van der Waals surface area contributed by atoms with E-state index in [1.165, 1.54) is 0 Å². The van der Waals surface area contributed by atoms with Gasteiger partial charge in [-0.05, 0) is 50.2 Å². The highest BCUT2D eigenvalue weighted by molar-refractivity contribution is 6.30. The number of fused-ring (bicyclic) bond motifs is 1. The summed E-state index contributed by atoms with van der Waals surface area (Å²) in [5.74, 6) is 0.920. The van der Waals surface area contributed by atoms with Gasteiger partial charge in [0.25, 0.3) is 5.91 Å². The lowest BCUT2D eigenvalue weighted by Gasteiger charge is -2.20. The highest BCUT2D eigenvalue weighted by atomic mass is 35.5. The van der Waals surface area contributed by atoms with Crippen LogP contribution >= 0.6 is 11.6 Å². The quantitative estimate of drug-likeness (QED) is 0.567. The van der Waals surface area contributed by atoms with Gasteiger partial charge in [0, 0.05) is 18.1 Å². The molecule has 3 rings (SSSR count). The van der Waals surface area contributed by atoms with Crippen LogP contribution in [0.1, 0.15) is 19.7 Å². The summed E-state index contributed by atoms with van der Waals surface area (Å²) in [5, 5.41) is 3.42. The average molecular weight is 429 g/mol. The molecule has 0 saturated carbocycles. The lowest BCUT2D eigenvalue weighted by atomic mass is 10.3. The van der Waals surface area contributed by atoms with Gasteiger partial charge in [0.15, 0.2) is 6.61 Å². The summed E-state index contributed by atoms with van der Waals surface area (Å²) in [6, 6.07) is 14.4. The van der Waals surface area contributed by atoms with Crippen LogP contribution in [0.3, 0.4) is 0 Å². The van der Waals surface area contributed by atoms with E-state index in [4.69, 9.17) is 16.3 Å². The smallest absolute Gasteiger partial charge is 0.258 e. The van der Waals surface area contributed by atoms with E-state index in [1.807, 2.05) is 42.7 Å². The van der Waals surface area contributed by atoms with E-state index >= 15 is 0 Å². The lowest BCUT2D eigenvalue weighted by molar-refractivity contribution is -0.131. The van der Waals surface area contributed by atoms with Crippen molar-refractivity contribution >= 4 is 34.4 Å². The molecular weight excluding hydrogens is 404 g/mol. The molecule has 2 amide bonds. The van der Waals surface area contributed by atoms with Gasteiger partial charge in [-0.1, -0.05) is 23.7 Å². The number of amides is 2. The first-order valence-electron chi connectivity index (χ1n) is 9.88. The fraction of sp³-hybridized carbons (Fsp3) is 0.318. The second kappa shape index (κ2) is 10.1. The van der Waals surface area contributed by atoms with Crippen molar-refractivity contribution in [2.45, 2.75) is 26.9 Å². The molecule has 158 valence electrons. The Morgan fingerprint density at radius 3 is 2.50 bits per heavy atom. The Bertz CT molecular complexity index is 1010. The summed E-state index contributed by atoms with van der Waals surface area (Å²) in [6.45, 7) is 5.45. The molecule has 0 saturated heterocycles. The van der Waals surface area contributed by atoms with Crippen molar-refractivity contribution in [3.05, 3.63) is 59.4 Å². The molecule has 0 unspecified atom stereocenters. The Morgan fingerprint density at radius 2 is 1.80 bits per heavy atom. The highest BCUT2D eigenvalue weighted by Gasteiger charge is 2.17. The fourth-order valence-corrected chi connectivity index (χ4v) is 3.28. The maximum absolute atomic E-state index is 12.7. The van der Waals surface area contributed by atoms with Crippen LogP contribution in [0.4, 0.5) is 0 Å². The van der Waals surface area contributed by atoms with Crippen LogP contribution in [-0.2, 0) is 22.7 Å². The molecule has 0 atom stereocenters. The molecule has 1 aromatic heterocycles. The minimum absolute atomic E-state index is 0.0156. The van der Waals surface area contributed by atoms with E-state index in [2.05, 4.69) is 10.3 Å². The second-order valence-corrected chi connectivity index (χ2v) is 7.12. The number of nitrogens with zero attached hydrogens (tertiary/aromatic N) is 3. The number of aromatic nitrogens is 2. The normalized spacial score (nSPS) is 10.8. The molecule has 0 aliphatic heterocycles. The van der Waals surface area contributed by atoms with Gasteiger partial charge in [-0.2, -0.15) is 0 Å². The average Bonchev–Trinajstić information content (AvgIpc) is 3.10. The Hall–Kier alpha value is -3.06. The summed E-state index contributed by atoms with van der Waals surface area (Å²) in [6.07, 6.45) is 0. The molecule has 2 aromatic carbocycles. The maximum Gasteiger partial charge on any atom is 0.258 e. The minimum Gasteiger partial charge on any atom is -0.484 e. The first kappa shape index (κ1) is 21.6. The molecule has 0 fully saturated rings. The van der Waals surface area contributed by atoms with E-state index in [0.717, 1.165) is 11.0 Å². The van der Waals surface area contributed by atoms with Gasteiger partial charge in [0.05, 0.1) is 17.6 Å². The summed E-state index contributed by atoms with van der Waals surface area (Å²) >= 11 is 5.84. The Kier molecular flexibility index (Phi) is 7.30. The number of para-hydroxylation sites is 2. The summed E-state index contributed by atoms with van der Waals surface area (Å²) in [7, 11) is 0. The first-order valence-corrected chi connectivity index (χ1v) is 10.3. The molecule has 1 heterocycles. The van der Waals surface area contributed by atoms with Crippen molar-refractivity contribution in [1.29, 1.82) is 0 Å². The monoisotopic (exact) mass is 428 g/mol. The number of likely N-dealkylation sites (N-methyl/N-ethyl adjacent to an activating group) is 1. The minimum atomic E-state index is -0.279. The third-order valence-electron chi connectivity index (χ3n) is 4.77. The molecule has 0 radical (unpaired) electrons. The second-order valence-electron chi connectivity index (χ2n) is 6.69. The number of halogens is 1. The van der Waals surface area contributed by atoms with Gasteiger partial charge in [-0.25, -0.2) is 4.98 Å². The molecule has 0 spiro atoms. The van der Waals surface area contributed by atoms with Crippen LogP contribution in [-0.4, -0.2) is 46.0 Å². The zero-order valence-corrected chi connectivity index (χ0v) is 17.9. The lowest BCUT2D eigenvalue weighted by Crippen LogP contribution is -2.34. The molecule has 0 bridgehead atoms. The predicted molar refractivity (Wildman–Crippen MR) is 116 cm³/mol. The van der Waals surface area contributed by atoms with Crippen LogP contribution in [0, 0.1) is 0 Å². The number of ether oxygens (including phenoxy) is 1. The number of carbonyl (C=O) groups is 2. The van der Waals surface area contributed by atoms with Gasteiger partial charge >= 0.3 is 0 Å². The topological polar surface area (TPSA) is 76.5 Å². The van der Waals surface area contributed by atoms with Crippen LogP contribution in [0.15, 0.2) is 48.5 Å². The van der Waals surface area contributed by atoms with E-state index in [1.54, 1.807) is 29.2 Å². The van der Waals surface area contributed by atoms with Crippen molar-refractivity contribution in [3.63, 3.8) is 0 Å². The number of carbonyl (C=O) groups excluding carboxylic acids is 2. The van der Waals surface area contributed by atoms with Crippen LogP contribution in [0.2, 0.25) is 5.02 Å². The van der Waals surface area contributed by atoms with Crippen molar-refractivity contribution < 1.29 is 14.3 Å². The van der Waals surface area contributed by atoms with E-state index in [0.29, 0.717) is 29.7 Å². The van der Waals surface area contributed by atoms with Crippen molar-refractivity contribution in [2.75, 3.05) is 19.7 Å². The number of benzene rings is 2. The zero-order valence-electron chi connectivity index (χ0n) is 17.1. The molecule has 30 heavy (non-hydrogen) atoms. The number of rotatable bonds is 9. The SMILES string of the molecule is CCN(CC)C(=O)Cn1c(CNC(=O)COc2ccc(Cl)cc2)nc2ccccc21. The number of hydrogen-bond acceptors (Lipinski definition) is 4. The third kappa shape index (κ3) is 5.30. The number of hydrogen-bond donors (Lipinski definition) is 1.